The number of halogens is 2. The summed E-state index contributed by atoms with van der Waals surface area (Å²) in [6, 6.07) is 2.97. The van der Waals surface area contributed by atoms with Crippen molar-refractivity contribution < 1.29 is 13.9 Å². The van der Waals surface area contributed by atoms with Gasteiger partial charge in [0.2, 0.25) is 0 Å². The van der Waals surface area contributed by atoms with Gasteiger partial charge in [-0.1, -0.05) is 11.6 Å². The number of ether oxygens (including phenoxy) is 2. The van der Waals surface area contributed by atoms with Crippen LogP contribution in [0.2, 0.25) is 5.02 Å². The number of rotatable bonds is 5. The van der Waals surface area contributed by atoms with Gasteiger partial charge in [0.1, 0.15) is 11.6 Å². The SMILES string of the molecule is COc1ccc(F)c(CCCN2CCOCC2)c1Cl. The van der Waals surface area contributed by atoms with Crippen molar-refractivity contribution in [2.45, 2.75) is 12.8 Å². The zero-order chi connectivity index (χ0) is 13.7. The predicted molar refractivity (Wildman–Crippen MR) is 73.5 cm³/mol. The molecule has 0 atom stereocenters. The standard InChI is InChI=1S/C14H19ClFNO2/c1-18-13-5-4-12(16)11(14(13)15)3-2-6-17-7-9-19-10-8-17/h4-5H,2-3,6-10H2,1H3. The maximum Gasteiger partial charge on any atom is 0.137 e. The molecule has 1 heterocycles. The van der Waals surface area contributed by atoms with E-state index in [-0.39, 0.29) is 5.82 Å². The minimum atomic E-state index is -0.257. The van der Waals surface area contributed by atoms with E-state index in [9.17, 15) is 4.39 Å². The second-order valence-corrected chi connectivity index (χ2v) is 4.98. The summed E-state index contributed by atoms with van der Waals surface area (Å²) in [4.78, 5) is 2.33. The third kappa shape index (κ3) is 3.81. The van der Waals surface area contributed by atoms with Gasteiger partial charge in [0.05, 0.1) is 25.3 Å². The highest BCUT2D eigenvalue weighted by molar-refractivity contribution is 6.32. The average Bonchev–Trinajstić information content (AvgIpc) is 2.44. The Morgan fingerprint density at radius 3 is 2.79 bits per heavy atom. The quantitative estimate of drug-likeness (QED) is 0.831. The van der Waals surface area contributed by atoms with Crippen LogP contribution >= 0.6 is 11.6 Å². The van der Waals surface area contributed by atoms with E-state index < -0.39 is 0 Å². The zero-order valence-electron chi connectivity index (χ0n) is 11.1. The molecule has 106 valence electrons. The molecule has 0 aliphatic carbocycles. The molecule has 1 aromatic rings. The monoisotopic (exact) mass is 287 g/mol. The van der Waals surface area contributed by atoms with Gasteiger partial charge in [-0.3, -0.25) is 4.90 Å². The fourth-order valence-corrected chi connectivity index (χ4v) is 2.59. The van der Waals surface area contributed by atoms with E-state index in [4.69, 9.17) is 21.1 Å². The van der Waals surface area contributed by atoms with Crippen molar-refractivity contribution in [2.24, 2.45) is 0 Å². The lowest BCUT2D eigenvalue weighted by Crippen LogP contribution is -2.37. The Labute approximate surface area is 118 Å². The van der Waals surface area contributed by atoms with Gasteiger partial charge < -0.3 is 9.47 Å². The molecule has 3 nitrogen and oxygen atoms in total. The first-order chi connectivity index (χ1) is 9.22. The summed E-state index contributed by atoms with van der Waals surface area (Å²) >= 11 is 6.14. The lowest BCUT2D eigenvalue weighted by molar-refractivity contribution is 0.0374. The number of hydrogen-bond donors (Lipinski definition) is 0. The van der Waals surface area contributed by atoms with Crippen LogP contribution < -0.4 is 4.74 Å². The van der Waals surface area contributed by atoms with E-state index in [1.807, 2.05) is 0 Å². The molecule has 5 heteroatoms. The van der Waals surface area contributed by atoms with Crippen LogP contribution in [-0.4, -0.2) is 44.9 Å². The van der Waals surface area contributed by atoms with E-state index in [1.165, 1.54) is 13.2 Å². The summed E-state index contributed by atoms with van der Waals surface area (Å²) < 4.78 is 24.2. The Hall–Kier alpha value is -0.840. The molecular formula is C14H19ClFNO2. The van der Waals surface area contributed by atoms with Crippen LogP contribution in [0, 0.1) is 5.82 Å². The van der Waals surface area contributed by atoms with Crippen molar-refractivity contribution in [3.63, 3.8) is 0 Å². The largest absolute Gasteiger partial charge is 0.495 e. The summed E-state index contributed by atoms with van der Waals surface area (Å²) in [5.41, 5.74) is 0.550. The molecule has 0 bridgehead atoms. The molecule has 1 aliphatic heterocycles. The van der Waals surface area contributed by atoms with Crippen molar-refractivity contribution in [1.82, 2.24) is 4.90 Å². The van der Waals surface area contributed by atoms with Crippen LogP contribution in [0.4, 0.5) is 4.39 Å². The highest BCUT2D eigenvalue weighted by atomic mass is 35.5. The molecule has 0 radical (unpaired) electrons. The van der Waals surface area contributed by atoms with Crippen molar-refractivity contribution in [2.75, 3.05) is 40.0 Å². The first kappa shape index (κ1) is 14.6. The third-order valence-electron chi connectivity index (χ3n) is 3.38. The van der Waals surface area contributed by atoms with Crippen LogP contribution in [0.3, 0.4) is 0 Å². The fraction of sp³-hybridized carbons (Fsp3) is 0.571. The fourth-order valence-electron chi connectivity index (χ4n) is 2.27. The maximum atomic E-state index is 13.8. The van der Waals surface area contributed by atoms with Gasteiger partial charge in [-0.2, -0.15) is 0 Å². The molecule has 0 N–H and O–H groups in total. The summed E-state index contributed by atoms with van der Waals surface area (Å²) in [6.45, 7) is 4.42. The van der Waals surface area contributed by atoms with E-state index in [1.54, 1.807) is 6.07 Å². The molecular weight excluding hydrogens is 269 g/mol. The predicted octanol–water partition coefficient (Wildman–Crippen LogP) is 2.75. The molecule has 1 saturated heterocycles. The molecule has 1 aliphatic rings. The van der Waals surface area contributed by atoms with Gasteiger partial charge in [-0.25, -0.2) is 4.39 Å². The summed E-state index contributed by atoms with van der Waals surface area (Å²) in [5, 5.41) is 0.393. The zero-order valence-corrected chi connectivity index (χ0v) is 11.9. The van der Waals surface area contributed by atoms with E-state index in [0.717, 1.165) is 39.3 Å². The molecule has 0 spiro atoms. The van der Waals surface area contributed by atoms with Gasteiger partial charge in [0.25, 0.3) is 0 Å². The second kappa shape index (κ2) is 7.08. The van der Waals surface area contributed by atoms with Crippen molar-refractivity contribution in [3.05, 3.63) is 28.5 Å². The van der Waals surface area contributed by atoms with Gasteiger partial charge in [0.15, 0.2) is 0 Å². The summed E-state index contributed by atoms with van der Waals surface area (Å²) in [5.74, 6) is 0.275. The Bertz CT molecular complexity index is 422. The highest BCUT2D eigenvalue weighted by Gasteiger charge is 2.14. The topological polar surface area (TPSA) is 21.7 Å². The molecule has 0 unspecified atom stereocenters. The third-order valence-corrected chi connectivity index (χ3v) is 3.79. The Kier molecular flexibility index (Phi) is 5.43. The summed E-state index contributed by atoms with van der Waals surface area (Å²) in [6.07, 6.45) is 1.50. The minimum Gasteiger partial charge on any atom is -0.495 e. The molecule has 0 amide bonds. The van der Waals surface area contributed by atoms with Crippen LogP contribution in [-0.2, 0) is 11.2 Å². The van der Waals surface area contributed by atoms with Gasteiger partial charge in [0, 0.05) is 18.7 Å². The molecule has 0 aromatic heterocycles. The lowest BCUT2D eigenvalue weighted by atomic mass is 10.1. The van der Waals surface area contributed by atoms with Gasteiger partial charge in [-0.15, -0.1) is 0 Å². The van der Waals surface area contributed by atoms with Crippen molar-refractivity contribution >= 4 is 11.6 Å². The molecule has 1 aromatic carbocycles. The number of methoxy groups -OCH3 is 1. The van der Waals surface area contributed by atoms with Gasteiger partial charge >= 0.3 is 0 Å². The lowest BCUT2D eigenvalue weighted by Gasteiger charge is -2.26. The number of benzene rings is 1. The molecule has 0 saturated carbocycles. The Balaban J connectivity index is 1.91. The first-order valence-electron chi connectivity index (χ1n) is 6.53. The Morgan fingerprint density at radius 2 is 2.11 bits per heavy atom. The van der Waals surface area contributed by atoms with Crippen molar-refractivity contribution in [3.8, 4) is 5.75 Å². The first-order valence-corrected chi connectivity index (χ1v) is 6.91. The smallest absolute Gasteiger partial charge is 0.137 e. The molecule has 2 rings (SSSR count). The van der Waals surface area contributed by atoms with E-state index in [2.05, 4.69) is 4.90 Å². The Morgan fingerprint density at radius 1 is 1.37 bits per heavy atom. The molecule has 1 fully saturated rings. The van der Waals surface area contributed by atoms with E-state index in [0.29, 0.717) is 22.8 Å². The van der Waals surface area contributed by atoms with Crippen molar-refractivity contribution in [1.29, 1.82) is 0 Å². The number of hydrogen-bond acceptors (Lipinski definition) is 3. The van der Waals surface area contributed by atoms with Crippen LogP contribution in [0.1, 0.15) is 12.0 Å². The molecule has 19 heavy (non-hydrogen) atoms. The normalized spacial score (nSPS) is 16.6. The highest BCUT2D eigenvalue weighted by Crippen LogP contribution is 2.30. The second-order valence-electron chi connectivity index (χ2n) is 4.60. The number of nitrogens with zero attached hydrogens (tertiary/aromatic N) is 1. The van der Waals surface area contributed by atoms with Crippen LogP contribution in [0.15, 0.2) is 12.1 Å². The maximum absolute atomic E-state index is 13.8. The van der Waals surface area contributed by atoms with E-state index >= 15 is 0 Å². The summed E-state index contributed by atoms with van der Waals surface area (Å²) in [7, 11) is 1.54. The minimum absolute atomic E-state index is 0.257. The van der Waals surface area contributed by atoms with Crippen LogP contribution in [0.25, 0.3) is 0 Å². The van der Waals surface area contributed by atoms with Crippen LogP contribution in [0.5, 0.6) is 5.75 Å². The average molecular weight is 288 g/mol. The number of morpholine rings is 1. The van der Waals surface area contributed by atoms with Gasteiger partial charge in [-0.05, 0) is 31.5 Å².